The minimum absolute atomic E-state index is 0.0813. The first-order valence-corrected chi connectivity index (χ1v) is 9.00. The third-order valence-corrected chi connectivity index (χ3v) is 5.16. The summed E-state index contributed by atoms with van der Waals surface area (Å²) in [4.78, 5) is 22.6. The van der Waals surface area contributed by atoms with Crippen molar-refractivity contribution in [2.24, 2.45) is 5.92 Å². The van der Waals surface area contributed by atoms with Gasteiger partial charge in [-0.05, 0) is 49.5 Å². The minimum Gasteiger partial charge on any atom is -0.306 e. The van der Waals surface area contributed by atoms with E-state index in [2.05, 4.69) is 35.0 Å². The van der Waals surface area contributed by atoms with Crippen LogP contribution in [-0.2, 0) is 6.54 Å². The molecular weight excluding hydrogens is 310 g/mol. The molecule has 0 aliphatic carbocycles. The molecule has 2 heterocycles. The second kappa shape index (κ2) is 6.81. The van der Waals surface area contributed by atoms with E-state index in [0.29, 0.717) is 11.2 Å². The van der Waals surface area contributed by atoms with E-state index in [1.807, 2.05) is 30.3 Å². The lowest BCUT2D eigenvalue weighted by Gasteiger charge is -2.30. The molecule has 2 aromatic carbocycles. The third-order valence-electron chi connectivity index (χ3n) is 5.16. The van der Waals surface area contributed by atoms with Crippen molar-refractivity contribution in [3.8, 4) is 11.4 Å². The molecule has 0 atom stereocenters. The average molecular weight is 333 g/mol. The van der Waals surface area contributed by atoms with Crippen molar-refractivity contribution >= 4 is 10.9 Å². The Kier molecular flexibility index (Phi) is 4.36. The van der Waals surface area contributed by atoms with Crippen LogP contribution >= 0.6 is 0 Å². The second-order valence-corrected chi connectivity index (χ2v) is 7.05. The van der Waals surface area contributed by atoms with Crippen LogP contribution in [0, 0.1) is 5.92 Å². The molecule has 4 rings (SSSR count). The maximum Gasteiger partial charge on any atom is 0.259 e. The molecule has 1 aromatic heterocycles. The van der Waals surface area contributed by atoms with Crippen LogP contribution in [0.1, 0.15) is 25.3 Å². The highest BCUT2D eigenvalue weighted by molar-refractivity contribution is 5.79. The number of fused-ring (bicyclic) bond motifs is 1. The molecule has 0 radical (unpaired) electrons. The Labute approximate surface area is 147 Å². The van der Waals surface area contributed by atoms with Gasteiger partial charge in [0.1, 0.15) is 5.82 Å². The van der Waals surface area contributed by atoms with E-state index in [-0.39, 0.29) is 5.56 Å². The second-order valence-electron chi connectivity index (χ2n) is 7.05. The summed E-state index contributed by atoms with van der Waals surface area (Å²) in [6.45, 7) is 5.50. The number of rotatable bonds is 3. The molecule has 0 spiro atoms. The van der Waals surface area contributed by atoms with E-state index < -0.39 is 0 Å². The van der Waals surface area contributed by atoms with Gasteiger partial charge in [-0.1, -0.05) is 43.3 Å². The third kappa shape index (κ3) is 3.35. The zero-order valence-corrected chi connectivity index (χ0v) is 14.5. The molecule has 1 N–H and O–H groups in total. The van der Waals surface area contributed by atoms with Crippen molar-refractivity contribution < 1.29 is 0 Å². The van der Waals surface area contributed by atoms with Crippen molar-refractivity contribution in [2.45, 2.75) is 26.3 Å². The quantitative estimate of drug-likeness (QED) is 0.792. The fraction of sp³-hybridized carbons (Fsp3) is 0.333. The van der Waals surface area contributed by atoms with E-state index >= 15 is 0 Å². The van der Waals surface area contributed by atoms with Gasteiger partial charge in [0.05, 0.1) is 10.9 Å². The van der Waals surface area contributed by atoms with Gasteiger partial charge in [-0.2, -0.15) is 0 Å². The van der Waals surface area contributed by atoms with E-state index in [1.54, 1.807) is 0 Å². The molecule has 0 bridgehead atoms. The van der Waals surface area contributed by atoms with E-state index in [1.165, 1.54) is 18.4 Å². The first kappa shape index (κ1) is 16.0. The van der Waals surface area contributed by atoms with Crippen molar-refractivity contribution in [2.75, 3.05) is 13.1 Å². The molecule has 0 unspecified atom stereocenters. The van der Waals surface area contributed by atoms with Gasteiger partial charge in [0.15, 0.2) is 0 Å². The summed E-state index contributed by atoms with van der Waals surface area (Å²) in [6.07, 6.45) is 2.51. The van der Waals surface area contributed by atoms with Gasteiger partial charge in [-0.15, -0.1) is 0 Å². The first-order chi connectivity index (χ1) is 12.2. The Morgan fingerprint density at radius 2 is 1.80 bits per heavy atom. The van der Waals surface area contributed by atoms with Gasteiger partial charge in [-0.25, -0.2) is 4.98 Å². The zero-order chi connectivity index (χ0) is 17.2. The number of hydrogen-bond donors (Lipinski definition) is 1. The summed E-state index contributed by atoms with van der Waals surface area (Å²) in [7, 11) is 0. The van der Waals surface area contributed by atoms with Gasteiger partial charge >= 0.3 is 0 Å². The van der Waals surface area contributed by atoms with Gasteiger partial charge in [-0.3, -0.25) is 9.69 Å². The molecule has 1 aliphatic heterocycles. The Balaban J connectivity index is 1.70. The molecule has 1 aliphatic rings. The monoisotopic (exact) mass is 333 g/mol. The number of likely N-dealkylation sites (tertiary alicyclic amines) is 1. The Morgan fingerprint density at radius 3 is 2.64 bits per heavy atom. The lowest BCUT2D eigenvalue weighted by molar-refractivity contribution is 0.185. The summed E-state index contributed by atoms with van der Waals surface area (Å²) in [5.74, 6) is 1.48. The summed E-state index contributed by atoms with van der Waals surface area (Å²) in [5.41, 5.74) is 2.89. The smallest absolute Gasteiger partial charge is 0.259 e. The van der Waals surface area contributed by atoms with Crippen molar-refractivity contribution in [1.29, 1.82) is 0 Å². The number of H-pyrrole nitrogens is 1. The van der Waals surface area contributed by atoms with Crippen LogP contribution in [0.15, 0.2) is 53.3 Å². The summed E-state index contributed by atoms with van der Waals surface area (Å²) in [6, 6.07) is 15.7. The van der Waals surface area contributed by atoms with Crippen LogP contribution in [0.3, 0.4) is 0 Å². The van der Waals surface area contributed by atoms with Crippen molar-refractivity contribution in [3.05, 3.63) is 64.4 Å². The van der Waals surface area contributed by atoms with Crippen LogP contribution in [0.2, 0.25) is 0 Å². The van der Waals surface area contributed by atoms with Gasteiger partial charge < -0.3 is 4.98 Å². The standard InChI is InChI=1S/C21H23N3O/c1-15-10-12-24(13-11-15)14-16-6-2-3-7-17(16)20-22-19-9-5-4-8-18(19)21(25)23-20/h2-9,15H,10-14H2,1H3,(H,22,23,25). The minimum atomic E-state index is -0.0813. The summed E-state index contributed by atoms with van der Waals surface area (Å²) in [5, 5.41) is 0.633. The highest BCUT2D eigenvalue weighted by Crippen LogP contribution is 2.24. The van der Waals surface area contributed by atoms with E-state index in [0.717, 1.165) is 36.6 Å². The molecule has 128 valence electrons. The van der Waals surface area contributed by atoms with Gasteiger partial charge in [0.25, 0.3) is 5.56 Å². The van der Waals surface area contributed by atoms with E-state index in [4.69, 9.17) is 4.98 Å². The Hall–Kier alpha value is -2.46. The number of nitrogens with zero attached hydrogens (tertiary/aromatic N) is 2. The van der Waals surface area contributed by atoms with Gasteiger partial charge in [0, 0.05) is 12.1 Å². The fourth-order valence-electron chi connectivity index (χ4n) is 3.56. The Morgan fingerprint density at radius 1 is 1.08 bits per heavy atom. The lowest BCUT2D eigenvalue weighted by Crippen LogP contribution is -2.32. The molecule has 1 fully saturated rings. The normalized spacial score (nSPS) is 16.4. The summed E-state index contributed by atoms with van der Waals surface area (Å²) >= 11 is 0. The molecule has 25 heavy (non-hydrogen) atoms. The molecule has 4 nitrogen and oxygen atoms in total. The number of piperidine rings is 1. The number of hydrogen-bond acceptors (Lipinski definition) is 3. The predicted molar refractivity (Wildman–Crippen MR) is 101 cm³/mol. The molecule has 0 amide bonds. The molecule has 0 saturated carbocycles. The number of nitrogens with one attached hydrogen (secondary N) is 1. The maximum absolute atomic E-state index is 12.4. The van der Waals surface area contributed by atoms with Crippen LogP contribution in [0.5, 0.6) is 0 Å². The first-order valence-electron chi connectivity index (χ1n) is 9.00. The highest BCUT2D eigenvalue weighted by atomic mass is 16.1. The molecule has 1 saturated heterocycles. The number of para-hydroxylation sites is 1. The van der Waals surface area contributed by atoms with Crippen LogP contribution in [0.25, 0.3) is 22.3 Å². The number of benzene rings is 2. The Bertz CT molecular complexity index is 939. The van der Waals surface area contributed by atoms with Crippen LogP contribution in [-0.4, -0.2) is 28.0 Å². The molecule has 4 heteroatoms. The SMILES string of the molecule is CC1CCN(Cc2ccccc2-c2nc3ccccc3c(=O)[nH]2)CC1. The lowest BCUT2D eigenvalue weighted by atomic mass is 9.98. The molecular formula is C21H23N3O. The largest absolute Gasteiger partial charge is 0.306 e. The van der Waals surface area contributed by atoms with Crippen molar-refractivity contribution in [3.63, 3.8) is 0 Å². The average Bonchev–Trinajstić information content (AvgIpc) is 2.64. The van der Waals surface area contributed by atoms with Crippen molar-refractivity contribution in [1.82, 2.24) is 14.9 Å². The fourth-order valence-corrected chi connectivity index (χ4v) is 3.56. The molecule has 3 aromatic rings. The number of aromatic amines is 1. The van der Waals surface area contributed by atoms with Gasteiger partial charge in [0.2, 0.25) is 0 Å². The zero-order valence-electron chi connectivity index (χ0n) is 14.5. The maximum atomic E-state index is 12.4. The predicted octanol–water partition coefficient (Wildman–Crippen LogP) is 3.82. The van der Waals surface area contributed by atoms with Crippen LogP contribution < -0.4 is 5.56 Å². The van der Waals surface area contributed by atoms with E-state index in [9.17, 15) is 4.79 Å². The van der Waals surface area contributed by atoms with Crippen LogP contribution in [0.4, 0.5) is 0 Å². The topological polar surface area (TPSA) is 49.0 Å². The number of aromatic nitrogens is 2. The highest BCUT2D eigenvalue weighted by Gasteiger charge is 2.17. The summed E-state index contributed by atoms with van der Waals surface area (Å²) < 4.78 is 0.